The molecule has 2 rings (SSSR count). The lowest BCUT2D eigenvalue weighted by atomic mass is 9.76. The molecule has 2 nitrogen and oxygen atoms in total. The third kappa shape index (κ3) is 1.50. The van der Waals surface area contributed by atoms with Crippen LogP contribution < -0.4 is 5.73 Å². The fourth-order valence-corrected chi connectivity index (χ4v) is 2.98. The third-order valence-corrected chi connectivity index (χ3v) is 3.67. The predicted octanol–water partition coefficient (Wildman–Crippen LogP) is 0.923. The van der Waals surface area contributed by atoms with Crippen LogP contribution in [0.15, 0.2) is 0 Å². The highest BCUT2D eigenvalue weighted by Gasteiger charge is 2.35. The van der Waals surface area contributed by atoms with Crippen molar-refractivity contribution < 1.29 is 0 Å². The highest BCUT2D eigenvalue weighted by atomic mass is 15.1. The van der Waals surface area contributed by atoms with Gasteiger partial charge in [0, 0.05) is 13.1 Å². The average Bonchev–Trinajstić information content (AvgIpc) is 2.43. The Hall–Kier alpha value is -0.0800. The molecule has 1 saturated heterocycles. The SMILES string of the molecule is CN1C[C@H]2C[C@@H](CN)CC[C@H]2C1. The first kappa shape index (κ1) is 8.52. The Morgan fingerprint density at radius 2 is 2.00 bits per heavy atom. The van der Waals surface area contributed by atoms with Crippen LogP contribution in [0, 0.1) is 17.8 Å². The first-order valence-corrected chi connectivity index (χ1v) is 5.18. The van der Waals surface area contributed by atoms with Crippen LogP contribution in [0.2, 0.25) is 0 Å². The van der Waals surface area contributed by atoms with E-state index in [-0.39, 0.29) is 0 Å². The number of fused-ring (bicyclic) bond motifs is 1. The average molecular weight is 168 g/mol. The first-order chi connectivity index (χ1) is 5.79. The van der Waals surface area contributed by atoms with Crippen molar-refractivity contribution in [1.29, 1.82) is 0 Å². The summed E-state index contributed by atoms with van der Waals surface area (Å²) in [5.74, 6) is 2.80. The van der Waals surface area contributed by atoms with E-state index in [0.717, 1.165) is 24.3 Å². The second-order valence-corrected chi connectivity index (χ2v) is 4.66. The Morgan fingerprint density at radius 1 is 1.25 bits per heavy atom. The fraction of sp³-hybridized carbons (Fsp3) is 1.00. The minimum Gasteiger partial charge on any atom is -0.330 e. The Kier molecular flexibility index (Phi) is 2.37. The van der Waals surface area contributed by atoms with Crippen molar-refractivity contribution in [2.24, 2.45) is 23.5 Å². The zero-order valence-electron chi connectivity index (χ0n) is 8.00. The lowest BCUT2D eigenvalue weighted by Crippen LogP contribution is -2.27. The smallest absolute Gasteiger partial charge is 0.000996 e. The van der Waals surface area contributed by atoms with Gasteiger partial charge >= 0.3 is 0 Å². The van der Waals surface area contributed by atoms with Gasteiger partial charge in [-0.05, 0) is 50.6 Å². The Balaban J connectivity index is 1.93. The first-order valence-electron chi connectivity index (χ1n) is 5.18. The Morgan fingerprint density at radius 3 is 2.75 bits per heavy atom. The summed E-state index contributed by atoms with van der Waals surface area (Å²) in [6.07, 6.45) is 4.20. The molecule has 2 aliphatic rings. The van der Waals surface area contributed by atoms with Gasteiger partial charge in [-0.25, -0.2) is 0 Å². The number of likely N-dealkylation sites (tertiary alicyclic amines) is 1. The molecule has 1 heterocycles. The van der Waals surface area contributed by atoms with E-state index in [0.29, 0.717) is 0 Å². The van der Waals surface area contributed by atoms with Gasteiger partial charge in [0.2, 0.25) is 0 Å². The van der Waals surface area contributed by atoms with E-state index in [9.17, 15) is 0 Å². The zero-order valence-corrected chi connectivity index (χ0v) is 8.00. The second kappa shape index (κ2) is 3.35. The van der Waals surface area contributed by atoms with Crippen LogP contribution in [-0.4, -0.2) is 31.6 Å². The maximum Gasteiger partial charge on any atom is 0.000996 e. The molecule has 0 aromatic carbocycles. The summed E-state index contributed by atoms with van der Waals surface area (Å²) < 4.78 is 0. The maximum absolute atomic E-state index is 5.71. The van der Waals surface area contributed by atoms with Crippen molar-refractivity contribution in [2.75, 3.05) is 26.7 Å². The minimum atomic E-state index is 0.831. The van der Waals surface area contributed by atoms with Gasteiger partial charge in [0.15, 0.2) is 0 Å². The van der Waals surface area contributed by atoms with Crippen LogP contribution >= 0.6 is 0 Å². The number of rotatable bonds is 1. The molecule has 0 bridgehead atoms. The van der Waals surface area contributed by atoms with E-state index < -0.39 is 0 Å². The molecular weight excluding hydrogens is 148 g/mol. The highest BCUT2D eigenvalue weighted by molar-refractivity contribution is 4.88. The van der Waals surface area contributed by atoms with Gasteiger partial charge in [-0.1, -0.05) is 0 Å². The summed E-state index contributed by atoms with van der Waals surface area (Å²) in [4.78, 5) is 2.48. The molecule has 0 radical (unpaired) electrons. The van der Waals surface area contributed by atoms with E-state index in [1.165, 1.54) is 32.4 Å². The highest BCUT2D eigenvalue weighted by Crippen LogP contribution is 2.37. The number of hydrogen-bond acceptors (Lipinski definition) is 2. The largest absolute Gasteiger partial charge is 0.330 e. The summed E-state index contributed by atoms with van der Waals surface area (Å²) in [5, 5.41) is 0. The van der Waals surface area contributed by atoms with Crippen LogP contribution in [-0.2, 0) is 0 Å². The quantitative estimate of drug-likeness (QED) is 0.631. The normalized spacial score (nSPS) is 43.0. The van der Waals surface area contributed by atoms with Gasteiger partial charge < -0.3 is 10.6 Å². The molecule has 2 fully saturated rings. The molecule has 1 aliphatic carbocycles. The van der Waals surface area contributed by atoms with E-state index >= 15 is 0 Å². The van der Waals surface area contributed by atoms with Crippen molar-refractivity contribution in [3.63, 3.8) is 0 Å². The van der Waals surface area contributed by atoms with Gasteiger partial charge in [0.1, 0.15) is 0 Å². The molecule has 12 heavy (non-hydrogen) atoms. The zero-order chi connectivity index (χ0) is 8.55. The fourth-order valence-electron chi connectivity index (χ4n) is 2.98. The molecule has 2 N–H and O–H groups in total. The van der Waals surface area contributed by atoms with Crippen LogP contribution in [0.3, 0.4) is 0 Å². The van der Waals surface area contributed by atoms with Crippen molar-refractivity contribution >= 4 is 0 Å². The monoisotopic (exact) mass is 168 g/mol. The van der Waals surface area contributed by atoms with Crippen molar-refractivity contribution in [2.45, 2.75) is 19.3 Å². The molecule has 3 atom stereocenters. The molecule has 70 valence electrons. The standard InChI is InChI=1S/C10H20N2/c1-12-6-9-3-2-8(5-11)4-10(9)7-12/h8-10H,2-7,11H2,1H3/t8-,9-,10+/m0/s1. The molecule has 0 unspecified atom stereocenters. The van der Waals surface area contributed by atoms with Gasteiger partial charge in [-0.2, -0.15) is 0 Å². The van der Waals surface area contributed by atoms with Crippen molar-refractivity contribution in [1.82, 2.24) is 4.90 Å². The van der Waals surface area contributed by atoms with Crippen molar-refractivity contribution in [3.8, 4) is 0 Å². The van der Waals surface area contributed by atoms with Crippen LogP contribution in [0.25, 0.3) is 0 Å². The lowest BCUT2D eigenvalue weighted by molar-refractivity contribution is 0.229. The minimum absolute atomic E-state index is 0.831. The number of nitrogens with zero attached hydrogens (tertiary/aromatic N) is 1. The van der Waals surface area contributed by atoms with Gasteiger partial charge in [-0.15, -0.1) is 0 Å². The Labute approximate surface area is 75.1 Å². The van der Waals surface area contributed by atoms with Crippen molar-refractivity contribution in [3.05, 3.63) is 0 Å². The molecule has 0 amide bonds. The molecule has 1 aliphatic heterocycles. The second-order valence-electron chi connectivity index (χ2n) is 4.66. The maximum atomic E-state index is 5.71. The summed E-state index contributed by atoms with van der Waals surface area (Å²) in [6.45, 7) is 3.57. The van der Waals surface area contributed by atoms with E-state index in [2.05, 4.69) is 11.9 Å². The van der Waals surface area contributed by atoms with Crippen LogP contribution in [0.5, 0.6) is 0 Å². The molecule has 2 heteroatoms. The van der Waals surface area contributed by atoms with Gasteiger partial charge in [0.25, 0.3) is 0 Å². The molecular formula is C10H20N2. The molecule has 0 spiro atoms. The summed E-state index contributed by atoms with van der Waals surface area (Å²) in [5.41, 5.74) is 5.71. The summed E-state index contributed by atoms with van der Waals surface area (Å²) in [7, 11) is 2.25. The summed E-state index contributed by atoms with van der Waals surface area (Å²) in [6, 6.07) is 0. The molecule has 0 aromatic rings. The van der Waals surface area contributed by atoms with E-state index in [1.54, 1.807) is 0 Å². The van der Waals surface area contributed by atoms with Crippen LogP contribution in [0.4, 0.5) is 0 Å². The predicted molar refractivity (Wildman–Crippen MR) is 50.9 cm³/mol. The van der Waals surface area contributed by atoms with Crippen LogP contribution in [0.1, 0.15) is 19.3 Å². The van der Waals surface area contributed by atoms with Gasteiger partial charge in [0.05, 0.1) is 0 Å². The number of hydrogen-bond donors (Lipinski definition) is 1. The molecule has 0 aromatic heterocycles. The number of nitrogens with two attached hydrogens (primary N) is 1. The topological polar surface area (TPSA) is 29.3 Å². The van der Waals surface area contributed by atoms with E-state index in [1.807, 2.05) is 0 Å². The Bertz CT molecular complexity index is 158. The molecule has 1 saturated carbocycles. The third-order valence-electron chi connectivity index (χ3n) is 3.67. The van der Waals surface area contributed by atoms with Gasteiger partial charge in [-0.3, -0.25) is 0 Å². The summed E-state index contributed by atoms with van der Waals surface area (Å²) >= 11 is 0. The lowest BCUT2D eigenvalue weighted by Gasteiger charge is -2.30. The van der Waals surface area contributed by atoms with E-state index in [4.69, 9.17) is 5.73 Å².